The van der Waals surface area contributed by atoms with Gasteiger partial charge in [0.25, 0.3) is 5.91 Å². The Hall–Kier alpha value is -1.14. The van der Waals surface area contributed by atoms with Crippen LogP contribution >= 0.6 is 0 Å². The van der Waals surface area contributed by atoms with E-state index in [-0.39, 0.29) is 11.9 Å². The van der Waals surface area contributed by atoms with Gasteiger partial charge >= 0.3 is 5.97 Å². The van der Waals surface area contributed by atoms with E-state index >= 15 is 0 Å². The molecule has 0 aromatic rings. The number of nitrogens with two attached hydrogens (primary N) is 1. The van der Waals surface area contributed by atoms with E-state index in [1.54, 1.807) is 0 Å². The van der Waals surface area contributed by atoms with Crippen molar-refractivity contribution in [3.8, 4) is 0 Å². The van der Waals surface area contributed by atoms with Gasteiger partial charge in [0.2, 0.25) is 0 Å². The van der Waals surface area contributed by atoms with Gasteiger partial charge in [0.05, 0.1) is 0 Å². The molecular weight excluding hydrogens is 318 g/mol. The van der Waals surface area contributed by atoms with Crippen LogP contribution < -0.4 is 5.73 Å². The lowest BCUT2D eigenvalue weighted by Crippen LogP contribution is -2.63. The van der Waals surface area contributed by atoms with Gasteiger partial charge in [-0.05, 0) is 40.0 Å². The summed E-state index contributed by atoms with van der Waals surface area (Å²) in [4.78, 5) is 27.7. The van der Waals surface area contributed by atoms with Crippen LogP contribution in [0, 0.1) is 5.41 Å². The Bertz CT molecular complexity index is 406. The Balaban J connectivity index is 0.000000871. The quantitative estimate of drug-likeness (QED) is 0.767. The minimum Gasteiger partial charge on any atom is -0.449 e. The number of likely N-dealkylation sites (tertiary alicyclic amines) is 2. The van der Waals surface area contributed by atoms with Crippen LogP contribution in [0.4, 0.5) is 0 Å². The maximum atomic E-state index is 12.4. The zero-order chi connectivity index (χ0) is 19.7. The number of esters is 1. The van der Waals surface area contributed by atoms with Crippen molar-refractivity contribution in [1.29, 1.82) is 0 Å². The molecule has 3 fully saturated rings. The van der Waals surface area contributed by atoms with Crippen LogP contribution in [0.15, 0.2) is 0 Å². The van der Waals surface area contributed by atoms with Crippen LogP contribution in [0.25, 0.3) is 0 Å². The largest absolute Gasteiger partial charge is 0.449 e. The highest BCUT2D eigenvalue weighted by Gasteiger charge is 2.59. The van der Waals surface area contributed by atoms with Gasteiger partial charge in [0.1, 0.15) is 0 Å². The van der Waals surface area contributed by atoms with Crippen molar-refractivity contribution >= 4 is 11.9 Å². The second-order valence-electron chi connectivity index (χ2n) is 6.55. The number of hydrogen-bond acceptors (Lipinski definition) is 5. The van der Waals surface area contributed by atoms with E-state index in [1.165, 1.54) is 26.8 Å². The molecule has 0 unspecified atom stereocenters. The average Bonchev–Trinajstić information content (AvgIpc) is 3.38. The Kier molecular flexibility index (Phi) is 10.3. The van der Waals surface area contributed by atoms with Gasteiger partial charge < -0.3 is 20.3 Å². The Morgan fingerprint density at radius 3 is 1.72 bits per heavy atom. The summed E-state index contributed by atoms with van der Waals surface area (Å²) >= 11 is 0. The SMILES string of the molecule is CC.CC.CC(=O)OC1(C(=O)N2CC3(CCN(C)CC3)C2)CC1.CN. The molecule has 1 spiro atoms. The van der Waals surface area contributed by atoms with Crippen molar-refractivity contribution in [2.24, 2.45) is 11.1 Å². The molecule has 2 aliphatic heterocycles. The van der Waals surface area contributed by atoms with Crippen LogP contribution in [-0.2, 0) is 14.3 Å². The topological polar surface area (TPSA) is 75.9 Å². The molecule has 6 nitrogen and oxygen atoms in total. The van der Waals surface area contributed by atoms with E-state index in [4.69, 9.17) is 4.74 Å². The van der Waals surface area contributed by atoms with Gasteiger partial charge in [-0.15, -0.1) is 0 Å². The van der Waals surface area contributed by atoms with Gasteiger partial charge in [-0.1, -0.05) is 27.7 Å². The van der Waals surface area contributed by atoms with Crippen LogP contribution in [-0.4, -0.2) is 67.6 Å². The van der Waals surface area contributed by atoms with Gasteiger partial charge in [0, 0.05) is 38.3 Å². The monoisotopic (exact) mass is 357 g/mol. The fourth-order valence-corrected chi connectivity index (χ4v) is 3.35. The molecule has 2 heterocycles. The molecule has 2 N–H and O–H groups in total. The van der Waals surface area contributed by atoms with E-state index < -0.39 is 5.60 Å². The van der Waals surface area contributed by atoms with Crippen LogP contribution in [0.5, 0.6) is 0 Å². The van der Waals surface area contributed by atoms with Gasteiger partial charge in [-0.2, -0.15) is 0 Å². The third-order valence-electron chi connectivity index (χ3n) is 4.82. The molecule has 25 heavy (non-hydrogen) atoms. The normalized spacial score (nSPS) is 21.8. The van der Waals surface area contributed by atoms with Gasteiger partial charge in [-0.25, -0.2) is 0 Å². The number of carbonyl (C=O) groups excluding carboxylic acids is 2. The summed E-state index contributed by atoms with van der Waals surface area (Å²) in [6, 6.07) is 0. The second-order valence-corrected chi connectivity index (χ2v) is 6.55. The average molecular weight is 358 g/mol. The highest BCUT2D eigenvalue weighted by Crippen LogP contribution is 2.46. The molecule has 6 heteroatoms. The maximum absolute atomic E-state index is 12.4. The molecule has 2 saturated heterocycles. The van der Waals surface area contributed by atoms with E-state index in [0.717, 1.165) is 26.2 Å². The lowest BCUT2D eigenvalue weighted by Gasteiger charge is -2.54. The Morgan fingerprint density at radius 2 is 1.36 bits per heavy atom. The van der Waals surface area contributed by atoms with Crippen LogP contribution in [0.1, 0.15) is 60.3 Å². The maximum Gasteiger partial charge on any atom is 0.303 e. The summed E-state index contributed by atoms with van der Waals surface area (Å²) in [7, 11) is 3.65. The summed E-state index contributed by atoms with van der Waals surface area (Å²) < 4.78 is 5.22. The molecule has 0 bridgehead atoms. The molecule has 148 valence electrons. The first-order chi connectivity index (χ1) is 11.9. The first kappa shape index (κ1) is 23.9. The number of ether oxygens (including phenoxy) is 1. The highest BCUT2D eigenvalue weighted by molar-refractivity contribution is 5.91. The summed E-state index contributed by atoms with van der Waals surface area (Å²) in [5.41, 5.74) is 4.05. The number of piperidine rings is 1. The predicted octanol–water partition coefficient (Wildman–Crippen LogP) is 2.26. The number of nitrogens with zero attached hydrogens (tertiary/aromatic N) is 2. The Morgan fingerprint density at radius 1 is 0.920 bits per heavy atom. The highest BCUT2D eigenvalue weighted by atomic mass is 16.6. The zero-order valence-electron chi connectivity index (χ0n) is 17.4. The van der Waals surface area contributed by atoms with Gasteiger partial charge in [-0.3, -0.25) is 9.59 Å². The summed E-state index contributed by atoms with van der Waals surface area (Å²) in [5, 5.41) is 0. The summed E-state index contributed by atoms with van der Waals surface area (Å²) in [5.74, 6) is -0.312. The molecule has 1 saturated carbocycles. The first-order valence-electron chi connectivity index (χ1n) is 9.70. The van der Waals surface area contributed by atoms with Crippen molar-refractivity contribution in [3.63, 3.8) is 0 Å². The molecule has 0 aromatic carbocycles. The van der Waals surface area contributed by atoms with Gasteiger partial charge in [0.15, 0.2) is 5.60 Å². The lowest BCUT2D eigenvalue weighted by atomic mass is 9.72. The predicted molar refractivity (Wildman–Crippen MR) is 102 cm³/mol. The fourth-order valence-electron chi connectivity index (χ4n) is 3.35. The molecule has 3 aliphatic rings. The Labute approximate surface area is 154 Å². The van der Waals surface area contributed by atoms with Crippen molar-refractivity contribution < 1.29 is 14.3 Å². The second kappa shape index (κ2) is 10.8. The van der Waals surface area contributed by atoms with Crippen molar-refractivity contribution in [3.05, 3.63) is 0 Å². The van der Waals surface area contributed by atoms with E-state index in [2.05, 4.69) is 17.7 Å². The van der Waals surface area contributed by atoms with E-state index in [1.807, 2.05) is 32.6 Å². The third kappa shape index (κ3) is 5.96. The first-order valence-corrected chi connectivity index (χ1v) is 9.70. The molecule has 1 amide bonds. The fraction of sp³-hybridized carbons (Fsp3) is 0.895. The smallest absolute Gasteiger partial charge is 0.303 e. The summed E-state index contributed by atoms with van der Waals surface area (Å²) in [6.45, 7) is 13.3. The van der Waals surface area contributed by atoms with Crippen LogP contribution in [0.3, 0.4) is 0 Å². The number of amides is 1. The molecule has 0 radical (unpaired) electrons. The minimum atomic E-state index is -0.793. The number of rotatable bonds is 2. The molecule has 0 aromatic heterocycles. The van der Waals surface area contributed by atoms with Crippen molar-refractivity contribution in [2.75, 3.05) is 40.3 Å². The van der Waals surface area contributed by atoms with Crippen LogP contribution in [0.2, 0.25) is 0 Å². The molecular formula is C19H39N3O3. The number of carbonyl (C=O) groups is 2. The van der Waals surface area contributed by atoms with Crippen molar-refractivity contribution in [1.82, 2.24) is 9.80 Å². The van der Waals surface area contributed by atoms with E-state index in [9.17, 15) is 9.59 Å². The standard InChI is InChI=1S/C14H22N2O3.2C2H6.CH5N/c1-11(17)19-14(3-4-14)12(18)16-9-13(10-16)5-7-15(2)8-6-13;3*1-2/h3-10H2,1-2H3;2*1-2H3;2H2,1H3. The van der Waals surface area contributed by atoms with E-state index in [0.29, 0.717) is 18.3 Å². The lowest BCUT2D eigenvalue weighted by molar-refractivity contribution is -0.170. The number of hydrogen-bond donors (Lipinski definition) is 1. The summed E-state index contributed by atoms with van der Waals surface area (Å²) in [6.07, 6.45) is 3.73. The van der Waals surface area contributed by atoms with Crippen molar-refractivity contribution in [2.45, 2.75) is 65.9 Å². The third-order valence-corrected chi connectivity index (χ3v) is 4.82. The zero-order valence-corrected chi connectivity index (χ0v) is 17.4. The minimum absolute atomic E-state index is 0.0345. The molecule has 1 aliphatic carbocycles. The molecule has 3 rings (SSSR count). The molecule has 0 atom stereocenters.